The zero-order chi connectivity index (χ0) is 13.6. The van der Waals surface area contributed by atoms with Crippen LogP contribution in [-0.2, 0) is 8.85 Å². The normalized spacial score (nSPS) is 10.9. The number of benzene rings is 2. The Labute approximate surface area is 126 Å². The van der Waals surface area contributed by atoms with Gasteiger partial charge in [0.05, 0.1) is 0 Å². The van der Waals surface area contributed by atoms with Crippen LogP contribution >= 0.6 is 9.90 Å². The van der Waals surface area contributed by atoms with Gasteiger partial charge in [-0.05, 0) is 24.2 Å². The molecule has 0 aliphatic rings. The van der Waals surface area contributed by atoms with Crippen molar-refractivity contribution in [2.24, 2.45) is 0 Å². The van der Waals surface area contributed by atoms with Crippen LogP contribution in [0.15, 0.2) is 60.7 Å². The van der Waals surface area contributed by atoms with E-state index in [0.717, 1.165) is 10.4 Å². The van der Waals surface area contributed by atoms with Crippen molar-refractivity contribution in [1.82, 2.24) is 0 Å². The standard InChI is InChI=1S/C16H20O2Si.H3P/c1-3-17-19(18-4-2,15-11-7-5-8-12-15)16-13-9-6-10-14-16;/h5-14H,3-4H2,1-2H3;1H3. The second kappa shape index (κ2) is 8.33. The van der Waals surface area contributed by atoms with E-state index in [2.05, 4.69) is 24.3 Å². The molecular weight excluding hydrogens is 283 g/mol. The van der Waals surface area contributed by atoms with Crippen LogP contribution in [0.3, 0.4) is 0 Å². The fourth-order valence-corrected chi connectivity index (χ4v) is 5.42. The predicted octanol–water partition coefficient (Wildman–Crippen LogP) is 2.37. The van der Waals surface area contributed by atoms with Gasteiger partial charge in [0, 0.05) is 13.2 Å². The van der Waals surface area contributed by atoms with Gasteiger partial charge in [-0.3, -0.25) is 0 Å². The summed E-state index contributed by atoms with van der Waals surface area (Å²) in [5.41, 5.74) is 0. The van der Waals surface area contributed by atoms with Crippen molar-refractivity contribution in [3.63, 3.8) is 0 Å². The highest BCUT2D eigenvalue weighted by Crippen LogP contribution is 2.09. The summed E-state index contributed by atoms with van der Waals surface area (Å²) in [7, 11) is -2.55. The van der Waals surface area contributed by atoms with Gasteiger partial charge in [-0.25, -0.2) is 0 Å². The predicted molar refractivity (Wildman–Crippen MR) is 92.3 cm³/mol. The summed E-state index contributed by atoms with van der Waals surface area (Å²) in [6.45, 7) is 5.34. The van der Waals surface area contributed by atoms with Gasteiger partial charge >= 0.3 is 8.56 Å². The quantitative estimate of drug-likeness (QED) is 0.602. The largest absolute Gasteiger partial charge is 0.407 e. The Morgan fingerprint density at radius 1 is 0.700 bits per heavy atom. The van der Waals surface area contributed by atoms with Gasteiger partial charge in [-0.2, -0.15) is 9.90 Å². The van der Waals surface area contributed by atoms with Crippen LogP contribution in [-0.4, -0.2) is 21.8 Å². The lowest BCUT2D eigenvalue weighted by Crippen LogP contribution is -2.63. The molecule has 1 atom stereocenters. The van der Waals surface area contributed by atoms with Crippen molar-refractivity contribution in [3.8, 4) is 0 Å². The monoisotopic (exact) mass is 306 g/mol. The molecule has 2 nitrogen and oxygen atoms in total. The summed E-state index contributed by atoms with van der Waals surface area (Å²) in [6.07, 6.45) is 0. The van der Waals surface area contributed by atoms with Gasteiger partial charge < -0.3 is 8.85 Å². The molecule has 20 heavy (non-hydrogen) atoms. The minimum atomic E-state index is -2.55. The van der Waals surface area contributed by atoms with Crippen molar-refractivity contribution in [2.75, 3.05) is 13.2 Å². The Kier molecular flexibility index (Phi) is 7.10. The lowest BCUT2D eigenvalue weighted by Gasteiger charge is -2.30. The smallest absolute Gasteiger partial charge is 0.388 e. The lowest BCUT2D eigenvalue weighted by molar-refractivity contribution is 0.208. The maximum Gasteiger partial charge on any atom is 0.407 e. The average molecular weight is 306 g/mol. The molecule has 4 heteroatoms. The van der Waals surface area contributed by atoms with E-state index < -0.39 is 8.56 Å². The van der Waals surface area contributed by atoms with Crippen LogP contribution < -0.4 is 10.4 Å². The SMILES string of the molecule is CCO[Si](OCC)(c1ccccc1)c1ccccc1.P. The molecule has 0 saturated carbocycles. The molecule has 2 aromatic rings. The maximum atomic E-state index is 6.16. The highest BCUT2D eigenvalue weighted by Gasteiger charge is 2.41. The Bertz CT molecular complexity index is 443. The molecule has 0 fully saturated rings. The number of rotatable bonds is 6. The molecule has 0 bridgehead atoms. The lowest BCUT2D eigenvalue weighted by atomic mass is 10.4. The average Bonchev–Trinajstić information content (AvgIpc) is 2.49. The van der Waals surface area contributed by atoms with Gasteiger partial charge in [-0.15, -0.1) is 0 Å². The molecular formula is C16H23O2PSi. The van der Waals surface area contributed by atoms with E-state index in [0.29, 0.717) is 13.2 Å². The summed E-state index contributed by atoms with van der Waals surface area (Å²) >= 11 is 0. The third-order valence-electron chi connectivity index (χ3n) is 3.00. The van der Waals surface area contributed by atoms with E-state index in [1.54, 1.807) is 0 Å². The fourth-order valence-electron chi connectivity index (χ4n) is 2.26. The number of hydrogen-bond donors (Lipinski definition) is 0. The molecule has 0 aliphatic heterocycles. The highest BCUT2D eigenvalue weighted by atomic mass is 31.0. The molecule has 108 valence electrons. The van der Waals surface area contributed by atoms with Crippen LogP contribution in [0.5, 0.6) is 0 Å². The highest BCUT2D eigenvalue weighted by molar-refractivity contribution is 6.92. The Morgan fingerprint density at radius 3 is 1.35 bits per heavy atom. The Hall–Kier alpha value is -0.993. The molecule has 0 amide bonds. The molecule has 0 heterocycles. The van der Waals surface area contributed by atoms with E-state index in [4.69, 9.17) is 8.85 Å². The molecule has 1 unspecified atom stereocenters. The van der Waals surface area contributed by atoms with Crippen molar-refractivity contribution >= 4 is 28.8 Å². The van der Waals surface area contributed by atoms with Gasteiger partial charge in [-0.1, -0.05) is 60.7 Å². The minimum absolute atomic E-state index is 0. The van der Waals surface area contributed by atoms with E-state index in [1.807, 2.05) is 50.2 Å². The maximum absolute atomic E-state index is 6.16. The first-order chi connectivity index (χ1) is 9.33. The summed E-state index contributed by atoms with van der Waals surface area (Å²) in [5.74, 6) is 0. The molecule has 2 aromatic carbocycles. The van der Waals surface area contributed by atoms with Gasteiger partial charge in [0.2, 0.25) is 0 Å². The van der Waals surface area contributed by atoms with Crippen LogP contribution in [0, 0.1) is 0 Å². The fraction of sp³-hybridized carbons (Fsp3) is 0.250. The zero-order valence-corrected chi connectivity index (χ0v) is 14.6. The second-order valence-corrected chi connectivity index (χ2v) is 7.18. The summed E-state index contributed by atoms with van der Waals surface area (Å²) in [6, 6.07) is 20.6. The van der Waals surface area contributed by atoms with Crippen molar-refractivity contribution < 1.29 is 8.85 Å². The van der Waals surface area contributed by atoms with Crippen molar-refractivity contribution in [1.29, 1.82) is 0 Å². The van der Waals surface area contributed by atoms with Crippen molar-refractivity contribution in [2.45, 2.75) is 13.8 Å². The first-order valence-electron chi connectivity index (χ1n) is 6.72. The molecule has 0 spiro atoms. The van der Waals surface area contributed by atoms with Crippen LogP contribution in [0.25, 0.3) is 0 Å². The molecule has 0 aromatic heterocycles. The Balaban J connectivity index is 0.00000200. The first-order valence-corrected chi connectivity index (χ1v) is 8.54. The second-order valence-electron chi connectivity index (χ2n) is 4.21. The topological polar surface area (TPSA) is 18.5 Å². The third-order valence-corrected chi connectivity index (χ3v) is 6.58. The van der Waals surface area contributed by atoms with E-state index in [-0.39, 0.29) is 9.90 Å². The van der Waals surface area contributed by atoms with Crippen LogP contribution in [0.2, 0.25) is 0 Å². The van der Waals surface area contributed by atoms with Gasteiger partial charge in [0.1, 0.15) is 0 Å². The Morgan fingerprint density at radius 2 is 1.05 bits per heavy atom. The van der Waals surface area contributed by atoms with Gasteiger partial charge in [0.25, 0.3) is 0 Å². The molecule has 0 aliphatic carbocycles. The summed E-state index contributed by atoms with van der Waals surface area (Å²) < 4.78 is 12.3. The molecule has 2 rings (SSSR count). The summed E-state index contributed by atoms with van der Waals surface area (Å²) in [4.78, 5) is 0. The molecule has 0 saturated heterocycles. The van der Waals surface area contributed by atoms with Crippen LogP contribution in [0.1, 0.15) is 13.8 Å². The molecule has 0 radical (unpaired) electrons. The van der Waals surface area contributed by atoms with Crippen molar-refractivity contribution in [3.05, 3.63) is 60.7 Å². The first kappa shape index (κ1) is 17.1. The van der Waals surface area contributed by atoms with E-state index >= 15 is 0 Å². The minimum Gasteiger partial charge on any atom is -0.388 e. The number of hydrogen-bond acceptors (Lipinski definition) is 2. The summed E-state index contributed by atoms with van der Waals surface area (Å²) in [5, 5.41) is 2.31. The van der Waals surface area contributed by atoms with Gasteiger partial charge in [0.15, 0.2) is 0 Å². The van der Waals surface area contributed by atoms with E-state index in [1.165, 1.54) is 0 Å². The zero-order valence-electron chi connectivity index (χ0n) is 12.2. The van der Waals surface area contributed by atoms with Crippen LogP contribution in [0.4, 0.5) is 0 Å². The third kappa shape index (κ3) is 3.56. The molecule has 0 N–H and O–H groups in total. The van der Waals surface area contributed by atoms with E-state index in [9.17, 15) is 0 Å².